The molecule has 3 rings (SSSR count). The van der Waals surface area contributed by atoms with Crippen molar-refractivity contribution in [1.29, 1.82) is 0 Å². The molecule has 4 nitrogen and oxygen atoms in total. The van der Waals surface area contributed by atoms with Crippen molar-refractivity contribution in [2.24, 2.45) is 13.0 Å². The summed E-state index contributed by atoms with van der Waals surface area (Å²) < 4.78 is 1.99. The molecular formula is C12H20N4. The van der Waals surface area contributed by atoms with E-state index in [1.165, 1.54) is 38.2 Å². The minimum Gasteiger partial charge on any atom is -0.315 e. The number of hydrogen-bond donors (Lipinski definition) is 1. The molecule has 2 aliphatic heterocycles. The number of nitrogens with zero attached hydrogens (tertiary/aromatic N) is 3. The Balaban J connectivity index is 1.72. The van der Waals surface area contributed by atoms with Gasteiger partial charge in [0.1, 0.15) is 0 Å². The summed E-state index contributed by atoms with van der Waals surface area (Å²) in [5.74, 6) is 0.877. The zero-order valence-electron chi connectivity index (χ0n) is 9.89. The van der Waals surface area contributed by atoms with Crippen LogP contribution in [0.25, 0.3) is 0 Å². The van der Waals surface area contributed by atoms with Crippen LogP contribution in [-0.2, 0) is 13.6 Å². The Labute approximate surface area is 96.6 Å². The molecule has 2 saturated heterocycles. The molecule has 2 unspecified atom stereocenters. The van der Waals surface area contributed by atoms with Gasteiger partial charge in [-0.2, -0.15) is 5.10 Å². The molecule has 3 heterocycles. The largest absolute Gasteiger partial charge is 0.315 e. The Hall–Kier alpha value is -0.870. The predicted molar refractivity (Wildman–Crippen MR) is 63.0 cm³/mol. The monoisotopic (exact) mass is 220 g/mol. The summed E-state index contributed by atoms with van der Waals surface area (Å²) in [6.07, 6.45) is 4.64. The van der Waals surface area contributed by atoms with E-state index in [2.05, 4.69) is 21.4 Å². The second kappa shape index (κ2) is 4.18. The van der Waals surface area contributed by atoms with Crippen LogP contribution in [0.4, 0.5) is 0 Å². The molecule has 16 heavy (non-hydrogen) atoms. The van der Waals surface area contributed by atoms with E-state index < -0.39 is 0 Å². The molecule has 2 fully saturated rings. The number of hydrogen-bond acceptors (Lipinski definition) is 3. The van der Waals surface area contributed by atoms with Gasteiger partial charge in [0.25, 0.3) is 0 Å². The van der Waals surface area contributed by atoms with Gasteiger partial charge in [-0.05, 0) is 37.9 Å². The maximum Gasteiger partial charge on any atom is 0.0521 e. The zero-order valence-corrected chi connectivity index (χ0v) is 9.89. The van der Waals surface area contributed by atoms with E-state index in [0.29, 0.717) is 0 Å². The Bertz CT molecular complexity index is 360. The second-order valence-corrected chi connectivity index (χ2v) is 5.04. The lowest BCUT2D eigenvalue weighted by atomic mass is 9.92. The van der Waals surface area contributed by atoms with Crippen LogP contribution in [0.1, 0.15) is 18.5 Å². The van der Waals surface area contributed by atoms with Gasteiger partial charge in [0, 0.05) is 32.4 Å². The van der Waals surface area contributed by atoms with Gasteiger partial charge in [0.2, 0.25) is 0 Å². The number of aromatic nitrogens is 2. The molecule has 0 amide bonds. The fourth-order valence-corrected chi connectivity index (χ4v) is 3.12. The number of fused-ring (bicyclic) bond motifs is 1. The number of aryl methyl sites for hydroxylation is 1. The number of nitrogens with one attached hydrogen (secondary N) is 1. The molecule has 4 heteroatoms. The van der Waals surface area contributed by atoms with E-state index in [1.54, 1.807) is 0 Å². The van der Waals surface area contributed by atoms with Gasteiger partial charge in [-0.1, -0.05) is 0 Å². The summed E-state index contributed by atoms with van der Waals surface area (Å²) in [6.45, 7) is 4.68. The van der Waals surface area contributed by atoms with Crippen LogP contribution < -0.4 is 5.32 Å². The summed E-state index contributed by atoms with van der Waals surface area (Å²) in [7, 11) is 2.03. The summed E-state index contributed by atoms with van der Waals surface area (Å²) >= 11 is 0. The van der Waals surface area contributed by atoms with Gasteiger partial charge >= 0.3 is 0 Å². The molecule has 0 bridgehead atoms. The van der Waals surface area contributed by atoms with E-state index in [0.717, 1.165) is 18.5 Å². The minimum atomic E-state index is 0.753. The summed E-state index contributed by atoms with van der Waals surface area (Å²) in [6, 6.07) is 2.88. The number of likely N-dealkylation sites (tertiary alicyclic amines) is 1. The van der Waals surface area contributed by atoms with E-state index >= 15 is 0 Å². The van der Waals surface area contributed by atoms with Crippen LogP contribution in [0.3, 0.4) is 0 Å². The summed E-state index contributed by atoms with van der Waals surface area (Å²) in [5.41, 5.74) is 1.33. The molecule has 88 valence electrons. The lowest BCUT2D eigenvalue weighted by Gasteiger charge is -2.36. The van der Waals surface area contributed by atoms with Crippen molar-refractivity contribution in [3.05, 3.63) is 18.0 Å². The van der Waals surface area contributed by atoms with Crippen LogP contribution in [-0.4, -0.2) is 40.4 Å². The normalized spacial score (nSPS) is 30.6. The lowest BCUT2D eigenvalue weighted by Crippen LogP contribution is -2.44. The molecule has 0 saturated carbocycles. The fraction of sp³-hybridized carbons (Fsp3) is 0.750. The molecule has 0 aliphatic carbocycles. The molecular weight excluding hydrogens is 200 g/mol. The predicted octanol–water partition coefficient (Wildman–Crippen LogP) is 0.604. The van der Waals surface area contributed by atoms with Crippen molar-refractivity contribution >= 4 is 0 Å². The van der Waals surface area contributed by atoms with Crippen molar-refractivity contribution in [3.8, 4) is 0 Å². The van der Waals surface area contributed by atoms with Crippen molar-refractivity contribution in [2.45, 2.75) is 25.4 Å². The number of piperidine rings is 1. The van der Waals surface area contributed by atoms with Crippen molar-refractivity contribution in [2.75, 3.05) is 19.6 Å². The highest BCUT2D eigenvalue weighted by Gasteiger charge is 2.34. The van der Waals surface area contributed by atoms with Crippen LogP contribution >= 0.6 is 0 Å². The Morgan fingerprint density at radius 3 is 3.25 bits per heavy atom. The smallest absolute Gasteiger partial charge is 0.0521 e. The van der Waals surface area contributed by atoms with Crippen LogP contribution in [0.2, 0.25) is 0 Å². The minimum absolute atomic E-state index is 0.753. The van der Waals surface area contributed by atoms with Gasteiger partial charge in [-0.15, -0.1) is 0 Å². The van der Waals surface area contributed by atoms with Gasteiger partial charge in [-0.25, -0.2) is 0 Å². The second-order valence-electron chi connectivity index (χ2n) is 5.04. The van der Waals surface area contributed by atoms with Gasteiger partial charge < -0.3 is 5.32 Å². The molecule has 1 N–H and O–H groups in total. The highest BCUT2D eigenvalue weighted by Crippen LogP contribution is 2.27. The van der Waals surface area contributed by atoms with Crippen molar-refractivity contribution in [1.82, 2.24) is 20.0 Å². The van der Waals surface area contributed by atoms with Crippen LogP contribution in [0.15, 0.2) is 12.3 Å². The standard InChI is InChI=1S/C12H20N4/c1-15-11(4-5-14-15)9-16-6-2-3-10-7-13-8-12(10)16/h4-5,10,12-13H,2-3,6-9H2,1H3. The average Bonchev–Trinajstić information content (AvgIpc) is 2.89. The third kappa shape index (κ3) is 1.76. The highest BCUT2D eigenvalue weighted by atomic mass is 15.3. The van der Waals surface area contributed by atoms with E-state index in [4.69, 9.17) is 0 Å². The van der Waals surface area contributed by atoms with Crippen molar-refractivity contribution in [3.63, 3.8) is 0 Å². The molecule has 0 spiro atoms. The lowest BCUT2D eigenvalue weighted by molar-refractivity contribution is 0.114. The van der Waals surface area contributed by atoms with Crippen LogP contribution in [0.5, 0.6) is 0 Å². The summed E-state index contributed by atoms with van der Waals surface area (Å²) in [5, 5.41) is 7.77. The van der Waals surface area contributed by atoms with Gasteiger partial charge in [-0.3, -0.25) is 9.58 Å². The van der Waals surface area contributed by atoms with Crippen molar-refractivity contribution < 1.29 is 0 Å². The third-order valence-electron chi connectivity index (χ3n) is 4.08. The van der Waals surface area contributed by atoms with E-state index in [9.17, 15) is 0 Å². The molecule has 1 aromatic heterocycles. The Morgan fingerprint density at radius 1 is 1.50 bits per heavy atom. The Morgan fingerprint density at radius 2 is 2.44 bits per heavy atom. The van der Waals surface area contributed by atoms with Gasteiger partial charge in [0.15, 0.2) is 0 Å². The fourth-order valence-electron chi connectivity index (χ4n) is 3.12. The molecule has 2 aliphatic rings. The SMILES string of the molecule is Cn1nccc1CN1CCCC2CNCC21. The maximum absolute atomic E-state index is 4.24. The topological polar surface area (TPSA) is 33.1 Å². The van der Waals surface area contributed by atoms with E-state index in [1.807, 2.05) is 17.9 Å². The third-order valence-corrected chi connectivity index (χ3v) is 4.08. The molecule has 0 aromatic carbocycles. The number of rotatable bonds is 2. The first-order chi connectivity index (χ1) is 7.84. The van der Waals surface area contributed by atoms with Crippen LogP contribution in [0, 0.1) is 5.92 Å². The molecule has 1 aromatic rings. The molecule has 0 radical (unpaired) electrons. The quantitative estimate of drug-likeness (QED) is 0.792. The average molecular weight is 220 g/mol. The first-order valence-corrected chi connectivity index (χ1v) is 6.26. The van der Waals surface area contributed by atoms with E-state index in [-0.39, 0.29) is 0 Å². The Kier molecular flexibility index (Phi) is 2.69. The first-order valence-electron chi connectivity index (χ1n) is 6.26. The highest BCUT2D eigenvalue weighted by molar-refractivity contribution is 5.02. The van der Waals surface area contributed by atoms with Gasteiger partial charge in [0.05, 0.1) is 5.69 Å². The zero-order chi connectivity index (χ0) is 11.0. The summed E-state index contributed by atoms with van der Waals surface area (Å²) in [4.78, 5) is 2.63. The maximum atomic E-state index is 4.24. The molecule has 2 atom stereocenters. The first kappa shape index (κ1) is 10.3.